The van der Waals surface area contributed by atoms with Gasteiger partial charge < -0.3 is 5.32 Å². The quantitative estimate of drug-likeness (QED) is 0.838. The molecule has 1 aromatic carbocycles. The summed E-state index contributed by atoms with van der Waals surface area (Å²) < 4.78 is 1.16. The van der Waals surface area contributed by atoms with Crippen LogP contribution >= 0.6 is 15.9 Å². The van der Waals surface area contributed by atoms with Crippen molar-refractivity contribution in [3.63, 3.8) is 0 Å². The van der Waals surface area contributed by atoms with Crippen molar-refractivity contribution in [2.24, 2.45) is 5.41 Å². The first-order valence-corrected chi connectivity index (χ1v) is 7.06. The van der Waals surface area contributed by atoms with E-state index in [4.69, 9.17) is 0 Å². The van der Waals surface area contributed by atoms with Gasteiger partial charge in [-0.05, 0) is 55.5 Å². The number of hydrogen-bond acceptors (Lipinski definition) is 1. The highest BCUT2D eigenvalue weighted by molar-refractivity contribution is 9.10. The molecule has 0 fully saturated rings. The number of rotatable bonds is 4. The van der Waals surface area contributed by atoms with Crippen molar-refractivity contribution < 1.29 is 0 Å². The van der Waals surface area contributed by atoms with Crippen LogP contribution in [0.2, 0.25) is 0 Å². The highest BCUT2D eigenvalue weighted by Crippen LogP contribution is 2.29. The van der Waals surface area contributed by atoms with Crippen molar-refractivity contribution in [1.82, 2.24) is 5.32 Å². The van der Waals surface area contributed by atoms with Gasteiger partial charge in [-0.2, -0.15) is 0 Å². The minimum atomic E-state index is 0.401. The molecule has 0 aliphatic rings. The Labute approximate surface area is 114 Å². The Morgan fingerprint density at radius 2 is 1.94 bits per heavy atom. The number of benzene rings is 1. The molecule has 0 aliphatic heterocycles. The maximum atomic E-state index is 3.52. The first kappa shape index (κ1) is 14.7. The van der Waals surface area contributed by atoms with Crippen molar-refractivity contribution in [2.45, 2.75) is 46.6 Å². The second-order valence-electron chi connectivity index (χ2n) is 5.94. The Balaban J connectivity index is 2.79. The number of halogens is 1. The molecule has 0 saturated carbocycles. The average molecular weight is 298 g/mol. The van der Waals surface area contributed by atoms with Crippen molar-refractivity contribution in [2.75, 3.05) is 7.05 Å². The second kappa shape index (κ2) is 6.01. The van der Waals surface area contributed by atoms with Gasteiger partial charge in [-0.15, -0.1) is 0 Å². The third-order valence-electron chi connectivity index (χ3n) is 3.14. The topological polar surface area (TPSA) is 12.0 Å². The number of hydrogen-bond donors (Lipinski definition) is 1. The molecular weight excluding hydrogens is 274 g/mol. The van der Waals surface area contributed by atoms with Crippen LogP contribution in [0.4, 0.5) is 0 Å². The fraction of sp³-hybridized carbons (Fsp3) is 0.600. The first-order valence-electron chi connectivity index (χ1n) is 6.27. The summed E-state index contributed by atoms with van der Waals surface area (Å²) in [5.74, 6) is 0. The lowest BCUT2D eigenvalue weighted by Gasteiger charge is -2.24. The van der Waals surface area contributed by atoms with Gasteiger partial charge >= 0.3 is 0 Å². The first-order chi connectivity index (χ1) is 7.83. The average Bonchev–Trinajstić information content (AvgIpc) is 2.19. The van der Waals surface area contributed by atoms with Gasteiger partial charge in [-0.25, -0.2) is 0 Å². The summed E-state index contributed by atoms with van der Waals surface area (Å²) in [6.45, 7) is 9.08. The molecule has 0 radical (unpaired) electrons. The molecular formula is C15H24BrN. The highest BCUT2D eigenvalue weighted by Gasteiger charge is 2.16. The van der Waals surface area contributed by atoms with Gasteiger partial charge in [0, 0.05) is 10.5 Å². The minimum absolute atomic E-state index is 0.401. The van der Waals surface area contributed by atoms with E-state index in [-0.39, 0.29) is 0 Å². The van der Waals surface area contributed by atoms with E-state index in [2.05, 4.69) is 74.2 Å². The highest BCUT2D eigenvalue weighted by atomic mass is 79.9. The monoisotopic (exact) mass is 297 g/mol. The predicted molar refractivity (Wildman–Crippen MR) is 79.4 cm³/mol. The van der Waals surface area contributed by atoms with Crippen LogP contribution in [-0.4, -0.2) is 7.05 Å². The summed E-state index contributed by atoms with van der Waals surface area (Å²) in [4.78, 5) is 0. The summed E-state index contributed by atoms with van der Waals surface area (Å²) in [6, 6.07) is 7.01. The fourth-order valence-corrected chi connectivity index (χ4v) is 2.54. The fourth-order valence-electron chi connectivity index (χ4n) is 2.06. The predicted octanol–water partition coefficient (Wildman–Crippen LogP) is 4.84. The minimum Gasteiger partial charge on any atom is -0.313 e. The summed E-state index contributed by atoms with van der Waals surface area (Å²) >= 11 is 3.52. The van der Waals surface area contributed by atoms with Crippen LogP contribution in [0.5, 0.6) is 0 Å². The van der Waals surface area contributed by atoms with Gasteiger partial charge in [0.25, 0.3) is 0 Å². The Morgan fingerprint density at radius 1 is 1.29 bits per heavy atom. The molecule has 1 N–H and O–H groups in total. The van der Waals surface area contributed by atoms with Gasteiger partial charge in [0.2, 0.25) is 0 Å². The zero-order chi connectivity index (χ0) is 13.1. The Kier molecular flexibility index (Phi) is 5.21. The van der Waals surface area contributed by atoms with Crippen LogP contribution in [0.1, 0.15) is 50.8 Å². The van der Waals surface area contributed by atoms with Crippen molar-refractivity contribution in [1.29, 1.82) is 0 Å². The van der Waals surface area contributed by atoms with Gasteiger partial charge in [-0.1, -0.05) is 42.8 Å². The largest absolute Gasteiger partial charge is 0.313 e. The van der Waals surface area contributed by atoms with Crippen LogP contribution in [0.15, 0.2) is 22.7 Å². The standard InChI is InChI=1S/C15H24BrN/c1-11-10-12(16)6-7-13(11)14(17-5)8-9-15(2,3)4/h6-7,10,14,17H,8-9H2,1-5H3. The lowest BCUT2D eigenvalue weighted by Crippen LogP contribution is -2.19. The zero-order valence-corrected chi connectivity index (χ0v) is 13.2. The lowest BCUT2D eigenvalue weighted by molar-refractivity contribution is 0.337. The lowest BCUT2D eigenvalue weighted by atomic mass is 9.86. The van der Waals surface area contributed by atoms with Crippen molar-refractivity contribution in [3.8, 4) is 0 Å². The molecule has 2 heteroatoms. The molecule has 96 valence electrons. The third-order valence-corrected chi connectivity index (χ3v) is 3.63. The molecule has 0 spiro atoms. The van der Waals surface area contributed by atoms with Gasteiger partial charge in [0.15, 0.2) is 0 Å². The number of nitrogens with one attached hydrogen (secondary N) is 1. The number of aryl methyl sites for hydroxylation is 1. The molecule has 0 heterocycles. The maximum absolute atomic E-state index is 3.52. The molecule has 17 heavy (non-hydrogen) atoms. The van der Waals surface area contributed by atoms with Gasteiger partial charge in [-0.3, -0.25) is 0 Å². The smallest absolute Gasteiger partial charge is 0.0320 e. The van der Waals surface area contributed by atoms with E-state index in [1.807, 2.05) is 0 Å². The Morgan fingerprint density at radius 3 is 2.41 bits per heavy atom. The molecule has 1 unspecified atom stereocenters. The van der Waals surface area contributed by atoms with E-state index >= 15 is 0 Å². The SMILES string of the molecule is CNC(CCC(C)(C)C)c1ccc(Br)cc1C. The van der Waals surface area contributed by atoms with Crippen LogP contribution < -0.4 is 5.32 Å². The molecule has 1 aromatic rings. The van der Waals surface area contributed by atoms with E-state index in [1.54, 1.807) is 0 Å². The van der Waals surface area contributed by atoms with Crippen molar-refractivity contribution in [3.05, 3.63) is 33.8 Å². The molecule has 0 bridgehead atoms. The molecule has 0 amide bonds. The van der Waals surface area contributed by atoms with Gasteiger partial charge in [0.05, 0.1) is 0 Å². The summed E-state index contributed by atoms with van der Waals surface area (Å²) in [7, 11) is 2.05. The molecule has 0 aliphatic carbocycles. The van der Waals surface area contributed by atoms with E-state index in [9.17, 15) is 0 Å². The summed E-state index contributed by atoms with van der Waals surface area (Å²) in [5.41, 5.74) is 3.17. The van der Waals surface area contributed by atoms with E-state index in [0.29, 0.717) is 11.5 Å². The van der Waals surface area contributed by atoms with E-state index < -0.39 is 0 Å². The van der Waals surface area contributed by atoms with Crippen LogP contribution in [0, 0.1) is 12.3 Å². The van der Waals surface area contributed by atoms with E-state index in [1.165, 1.54) is 24.0 Å². The molecule has 1 rings (SSSR count). The van der Waals surface area contributed by atoms with Crippen LogP contribution in [0.25, 0.3) is 0 Å². The molecule has 1 atom stereocenters. The molecule has 1 nitrogen and oxygen atoms in total. The normalized spacial score (nSPS) is 13.8. The molecule has 0 saturated heterocycles. The summed E-state index contributed by atoms with van der Waals surface area (Å²) in [6.07, 6.45) is 2.41. The van der Waals surface area contributed by atoms with Crippen molar-refractivity contribution >= 4 is 15.9 Å². The Bertz CT molecular complexity index is 366. The Hall–Kier alpha value is -0.340. The van der Waals surface area contributed by atoms with Gasteiger partial charge in [0.1, 0.15) is 0 Å². The third kappa shape index (κ3) is 4.81. The second-order valence-corrected chi connectivity index (χ2v) is 6.86. The zero-order valence-electron chi connectivity index (χ0n) is 11.6. The van der Waals surface area contributed by atoms with Crippen LogP contribution in [-0.2, 0) is 0 Å². The van der Waals surface area contributed by atoms with Crippen LogP contribution in [0.3, 0.4) is 0 Å². The van der Waals surface area contributed by atoms with E-state index in [0.717, 1.165) is 4.47 Å². The summed E-state index contributed by atoms with van der Waals surface area (Å²) in [5, 5.41) is 3.44. The maximum Gasteiger partial charge on any atom is 0.0320 e. The molecule has 0 aromatic heterocycles.